The summed E-state index contributed by atoms with van der Waals surface area (Å²) >= 11 is 0. The van der Waals surface area contributed by atoms with Gasteiger partial charge in [0.15, 0.2) is 0 Å². The molecule has 2 aromatic rings. The van der Waals surface area contributed by atoms with Gasteiger partial charge in [0.25, 0.3) is 0 Å². The first-order valence-corrected chi connectivity index (χ1v) is 12.3. The first kappa shape index (κ1) is 12.4. The predicted molar refractivity (Wildman–Crippen MR) is 161 cm³/mol. The molecule has 0 bridgehead atoms. The second kappa shape index (κ2) is 14.6. The third kappa shape index (κ3) is 9.79. The molecule has 2 atom stereocenters. The fraction of sp³-hybridized carbons (Fsp3) is 0.647. The molecule has 0 amide bonds. The number of rotatable bonds is 9. The SMILES string of the molecule is [2H]C(CN(C)C)(CC1(O)C([2H])([2H])C([2H])([2H])C([2H])([2H])C([2H])([2H])C1([2H])[2H])c1ccc(C)cc1.[2H]C(CN)(CC1(O)C([2H])([2H])C([2H])([2H])C([2H])([2H])C([2H])([2H])C1([2H])[2H])c1ccc(C)cc1. The van der Waals surface area contributed by atoms with Crippen LogP contribution in [-0.4, -0.2) is 53.5 Å². The lowest BCUT2D eigenvalue weighted by molar-refractivity contribution is -0.0116. The largest absolute Gasteiger partial charge is 0.390 e. The van der Waals surface area contributed by atoms with Gasteiger partial charge in [0, 0.05) is 36.7 Å². The van der Waals surface area contributed by atoms with Crippen molar-refractivity contribution in [1.82, 2.24) is 4.90 Å². The Bertz CT molecular complexity index is 1810. The molecule has 0 saturated heterocycles. The van der Waals surface area contributed by atoms with Gasteiger partial charge in [0.05, 0.1) is 11.2 Å². The third-order valence-corrected chi connectivity index (χ3v) is 5.94. The lowest BCUT2D eigenvalue weighted by atomic mass is 9.77. The summed E-state index contributed by atoms with van der Waals surface area (Å²) in [4.78, 5) is 1.58. The Morgan fingerprint density at radius 1 is 0.737 bits per heavy atom. The molecule has 2 aliphatic carbocycles. The van der Waals surface area contributed by atoms with Crippen LogP contribution in [0.3, 0.4) is 0 Å². The minimum absolute atomic E-state index is 0.108. The molecule has 0 radical (unpaired) electrons. The number of aliphatic hydroxyl groups is 2. The zero-order valence-corrected chi connectivity index (χ0v) is 22.4. The molecule has 4 nitrogen and oxygen atoms in total. The third-order valence-electron chi connectivity index (χ3n) is 5.94. The van der Waals surface area contributed by atoms with Gasteiger partial charge in [0.2, 0.25) is 0 Å². The average Bonchev–Trinajstić information content (AvgIpc) is 3.10. The van der Waals surface area contributed by atoms with Crippen molar-refractivity contribution < 1.29 is 40.4 Å². The molecule has 0 heterocycles. The second-order valence-electron chi connectivity index (χ2n) is 9.71. The van der Waals surface area contributed by atoms with Gasteiger partial charge in [-0.25, -0.2) is 0 Å². The van der Waals surface area contributed by atoms with Crippen molar-refractivity contribution in [2.75, 3.05) is 27.2 Å². The zero-order chi connectivity index (χ0) is 47.4. The molecular formula is C34H54N2O2. The average molecular weight is 545 g/mol. The number of nitrogens with two attached hydrogens (primary N) is 1. The molecular weight excluding hydrogens is 468 g/mol. The first-order valence-electron chi connectivity index (χ1n) is 23.3. The van der Waals surface area contributed by atoms with Gasteiger partial charge in [-0.3, -0.25) is 0 Å². The summed E-state index contributed by atoms with van der Waals surface area (Å²) in [6.45, 7) is 3.00. The highest BCUT2D eigenvalue weighted by Crippen LogP contribution is 2.37. The molecule has 2 aliphatic rings. The van der Waals surface area contributed by atoms with Crippen LogP contribution in [0.2, 0.25) is 0 Å². The zero-order valence-electron chi connectivity index (χ0n) is 44.4. The molecule has 0 spiro atoms. The Kier molecular flexibility index (Phi) is 4.78. The Labute approximate surface area is 263 Å². The van der Waals surface area contributed by atoms with Gasteiger partial charge >= 0.3 is 0 Å². The Morgan fingerprint density at radius 2 is 1.11 bits per heavy atom. The van der Waals surface area contributed by atoms with Crippen LogP contribution < -0.4 is 5.73 Å². The molecule has 212 valence electrons. The predicted octanol–water partition coefficient (Wildman–Crippen LogP) is 6.85. The van der Waals surface area contributed by atoms with E-state index in [1.165, 1.54) is 12.1 Å². The highest BCUT2D eigenvalue weighted by atomic mass is 16.3. The van der Waals surface area contributed by atoms with E-state index in [2.05, 4.69) is 0 Å². The molecule has 0 aromatic heterocycles. The number of hydrogen-bond donors (Lipinski definition) is 3. The van der Waals surface area contributed by atoms with Crippen LogP contribution in [0, 0.1) is 13.8 Å². The van der Waals surface area contributed by atoms with Crippen molar-refractivity contribution in [3.05, 3.63) is 70.8 Å². The van der Waals surface area contributed by atoms with Gasteiger partial charge in [-0.2, -0.15) is 0 Å². The number of likely N-dealkylation sites (N-methyl/N-ethyl adjacent to an activating group) is 1. The number of aryl methyl sites for hydroxylation is 2. The molecule has 4 rings (SSSR count). The maximum Gasteiger partial charge on any atom is 0.0654 e. The van der Waals surface area contributed by atoms with Crippen LogP contribution in [0.15, 0.2) is 48.5 Å². The highest BCUT2D eigenvalue weighted by Gasteiger charge is 2.33. The monoisotopic (exact) mass is 545 g/mol. The van der Waals surface area contributed by atoms with Crippen molar-refractivity contribution in [3.8, 4) is 0 Å². The molecule has 2 aromatic carbocycles. The van der Waals surface area contributed by atoms with Gasteiger partial charge < -0.3 is 20.8 Å². The van der Waals surface area contributed by atoms with Crippen LogP contribution in [0.25, 0.3) is 0 Å². The van der Waals surface area contributed by atoms with Crippen LogP contribution in [0.1, 0.15) is 141 Å². The van der Waals surface area contributed by atoms with Gasteiger partial charge in [-0.05, 0) is 95.7 Å². The van der Waals surface area contributed by atoms with Crippen LogP contribution in [-0.2, 0) is 0 Å². The van der Waals surface area contributed by atoms with E-state index < -0.39 is 106 Å². The summed E-state index contributed by atoms with van der Waals surface area (Å²) in [6.07, 6.45) is -38.1. The normalized spacial score (nSPS) is 43.8. The number of hydrogen-bond acceptors (Lipinski definition) is 4. The number of benzene rings is 2. The molecule has 2 saturated carbocycles. The van der Waals surface area contributed by atoms with Gasteiger partial charge in [0.1, 0.15) is 0 Å². The smallest absolute Gasteiger partial charge is 0.0654 e. The van der Waals surface area contributed by atoms with E-state index >= 15 is 0 Å². The Hall–Kier alpha value is -1.72. The molecule has 4 N–H and O–H groups in total. The molecule has 0 aliphatic heterocycles. The minimum atomic E-state index is -3.62. The lowest BCUT2D eigenvalue weighted by Crippen LogP contribution is -2.35. The molecule has 38 heavy (non-hydrogen) atoms. The standard InChI is InChI=1S/C18H29NO.C16H25NO/c1-15-7-9-16(10-8-15)17(14-19(2)3)13-18(20)11-5-4-6-12-18;1-13-5-7-14(8-6-13)15(12-17)11-16(18)9-3-2-4-10-16/h7-10,17,20H,4-6,11-14H2,1-3H3;5-8,15,18H,2-4,9-12,17H2,1H3/i4D2,5D2,6D2,11D2,12D2,17D;2D2,3D2,4D2,9D2,10D2,15D. The van der Waals surface area contributed by atoms with E-state index in [1.807, 2.05) is 6.92 Å². The molecule has 4 heteroatoms. The maximum absolute atomic E-state index is 11.5. The summed E-state index contributed by atoms with van der Waals surface area (Å²) < 4.78 is 180. The summed E-state index contributed by atoms with van der Waals surface area (Å²) in [5.74, 6) is -3.85. The summed E-state index contributed by atoms with van der Waals surface area (Å²) in [5.41, 5.74) is 1.16. The van der Waals surface area contributed by atoms with Crippen LogP contribution in [0.4, 0.5) is 0 Å². The van der Waals surface area contributed by atoms with Crippen molar-refractivity contribution in [2.24, 2.45) is 5.73 Å². The first-order chi connectivity index (χ1) is 26.4. The fourth-order valence-corrected chi connectivity index (χ4v) is 3.96. The topological polar surface area (TPSA) is 69.7 Å². The summed E-state index contributed by atoms with van der Waals surface area (Å²) in [5, 5.41) is 22.7. The highest BCUT2D eigenvalue weighted by molar-refractivity contribution is 5.26. The van der Waals surface area contributed by atoms with Crippen LogP contribution in [0.5, 0.6) is 0 Å². The quantitative estimate of drug-likeness (QED) is 0.323. The molecule has 2 fully saturated rings. The van der Waals surface area contributed by atoms with Crippen molar-refractivity contribution in [1.29, 1.82) is 0 Å². The van der Waals surface area contributed by atoms with E-state index in [-0.39, 0.29) is 12.1 Å². The lowest BCUT2D eigenvalue weighted by Gasteiger charge is -2.36. The van der Waals surface area contributed by atoms with Gasteiger partial charge in [-0.15, -0.1) is 0 Å². The summed E-state index contributed by atoms with van der Waals surface area (Å²) in [7, 11) is 3.26. The van der Waals surface area contributed by atoms with Gasteiger partial charge in [-0.1, -0.05) is 97.9 Å². The van der Waals surface area contributed by atoms with Crippen molar-refractivity contribution >= 4 is 0 Å². The van der Waals surface area contributed by atoms with Crippen molar-refractivity contribution in [2.45, 2.75) is 113 Å². The van der Waals surface area contributed by atoms with E-state index in [9.17, 15) is 10.2 Å². The second-order valence-corrected chi connectivity index (χ2v) is 9.71. The minimum Gasteiger partial charge on any atom is -0.390 e. The number of nitrogens with zero attached hydrogens (tertiary/aromatic N) is 1. The van der Waals surface area contributed by atoms with E-state index in [1.54, 1.807) is 62.3 Å². The maximum atomic E-state index is 11.5. The van der Waals surface area contributed by atoms with E-state index in [0.29, 0.717) is 5.56 Å². The fourth-order valence-electron chi connectivity index (χ4n) is 3.96. The Morgan fingerprint density at radius 3 is 1.47 bits per heavy atom. The van der Waals surface area contributed by atoms with Crippen molar-refractivity contribution in [3.63, 3.8) is 0 Å². The van der Waals surface area contributed by atoms with Crippen LogP contribution >= 0.6 is 0 Å². The summed E-state index contributed by atoms with van der Waals surface area (Å²) in [6, 6.07) is 12.8. The van der Waals surface area contributed by atoms with E-state index in [0.717, 1.165) is 11.1 Å². The Balaban J connectivity index is 0.000000321. The van der Waals surface area contributed by atoms with E-state index in [4.69, 9.17) is 35.9 Å². The molecule has 2 unspecified atom stereocenters.